The van der Waals surface area contributed by atoms with Gasteiger partial charge in [0.1, 0.15) is 10.7 Å². The highest BCUT2D eigenvalue weighted by atomic mass is 35.5. The summed E-state index contributed by atoms with van der Waals surface area (Å²) in [5, 5.41) is 7.34. The Morgan fingerprint density at radius 1 is 1.09 bits per heavy atom. The molecule has 0 spiro atoms. The molecule has 23 heavy (non-hydrogen) atoms. The zero-order valence-corrected chi connectivity index (χ0v) is 14.2. The molecule has 0 aromatic heterocycles. The van der Waals surface area contributed by atoms with Crippen LogP contribution >= 0.6 is 34.8 Å². The fraction of sp³-hybridized carbons (Fsp3) is 0. The standard InChI is InChI=1S/C13H8Cl3FN2O3S/c14-6-1-2-8(15)11(3-6)19-13(20)7-4-12(23(18,21)22)9(16)5-10(7)17/h1-5H,(H,19,20)(H2,18,21,22). The molecule has 0 fully saturated rings. The largest absolute Gasteiger partial charge is 0.320 e. The van der Waals surface area contributed by atoms with Gasteiger partial charge in [0.05, 0.1) is 21.3 Å². The van der Waals surface area contributed by atoms with Crippen molar-refractivity contribution in [2.24, 2.45) is 5.14 Å². The lowest BCUT2D eigenvalue weighted by molar-refractivity contribution is 0.102. The molecule has 2 aromatic carbocycles. The predicted molar refractivity (Wildman–Crippen MR) is 87.2 cm³/mol. The van der Waals surface area contributed by atoms with Crippen LogP contribution in [0, 0.1) is 5.82 Å². The van der Waals surface area contributed by atoms with Crippen LogP contribution in [0.3, 0.4) is 0 Å². The second-order valence-corrected chi connectivity index (χ2v) is 7.17. The van der Waals surface area contributed by atoms with E-state index in [1.54, 1.807) is 0 Å². The lowest BCUT2D eigenvalue weighted by atomic mass is 10.2. The van der Waals surface area contributed by atoms with Crippen LogP contribution < -0.4 is 10.5 Å². The van der Waals surface area contributed by atoms with Crippen LogP contribution in [0.1, 0.15) is 10.4 Å². The van der Waals surface area contributed by atoms with Crippen molar-refractivity contribution in [3.63, 3.8) is 0 Å². The molecule has 0 bridgehead atoms. The number of hydrogen-bond donors (Lipinski definition) is 2. The highest BCUT2D eigenvalue weighted by Gasteiger charge is 2.21. The van der Waals surface area contributed by atoms with Crippen molar-refractivity contribution < 1.29 is 17.6 Å². The molecule has 0 aliphatic carbocycles. The first kappa shape index (κ1) is 18.0. The van der Waals surface area contributed by atoms with Gasteiger partial charge in [0.15, 0.2) is 0 Å². The van der Waals surface area contributed by atoms with E-state index in [0.717, 1.165) is 6.07 Å². The van der Waals surface area contributed by atoms with Crippen LogP contribution in [-0.4, -0.2) is 14.3 Å². The summed E-state index contributed by atoms with van der Waals surface area (Å²) in [5.41, 5.74) is -0.426. The number of rotatable bonds is 3. The van der Waals surface area contributed by atoms with E-state index in [9.17, 15) is 17.6 Å². The molecule has 5 nitrogen and oxygen atoms in total. The highest BCUT2D eigenvalue weighted by Crippen LogP contribution is 2.28. The fourth-order valence-electron chi connectivity index (χ4n) is 1.70. The summed E-state index contributed by atoms with van der Waals surface area (Å²) in [7, 11) is -4.22. The van der Waals surface area contributed by atoms with Crippen molar-refractivity contribution in [1.82, 2.24) is 0 Å². The van der Waals surface area contributed by atoms with Gasteiger partial charge in [-0.3, -0.25) is 4.79 Å². The number of carbonyl (C=O) groups is 1. The van der Waals surface area contributed by atoms with Crippen LogP contribution in [0.25, 0.3) is 0 Å². The molecule has 0 saturated carbocycles. The summed E-state index contributed by atoms with van der Waals surface area (Å²) in [6, 6.07) is 5.74. The Bertz CT molecular complexity index is 904. The number of amides is 1. The Morgan fingerprint density at radius 3 is 2.35 bits per heavy atom. The van der Waals surface area contributed by atoms with Gasteiger partial charge in [0.2, 0.25) is 10.0 Å². The summed E-state index contributed by atoms with van der Waals surface area (Å²) in [5.74, 6) is -1.95. The lowest BCUT2D eigenvalue weighted by Crippen LogP contribution is -2.18. The SMILES string of the molecule is NS(=O)(=O)c1cc(C(=O)Nc2cc(Cl)ccc2Cl)c(F)cc1Cl. The maximum absolute atomic E-state index is 13.9. The quantitative estimate of drug-likeness (QED) is 0.828. The normalized spacial score (nSPS) is 11.3. The van der Waals surface area contributed by atoms with Crippen molar-refractivity contribution >= 4 is 56.4 Å². The van der Waals surface area contributed by atoms with E-state index in [1.807, 2.05) is 0 Å². The summed E-state index contributed by atoms with van der Waals surface area (Å²) < 4.78 is 36.7. The fourth-order valence-corrected chi connectivity index (χ4v) is 3.13. The van der Waals surface area contributed by atoms with Gasteiger partial charge in [-0.15, -0.1) is 0 Å². The topological polar surface area (TPSA) is 89.3 Å². The molecule has 2 aromatic rings. The van der Waals surface area contributed by atoms with Gasteiger partial charge >= 0.3 is 0 Å². The molecule has 0 radical (unpaired) electrons. The van der Waals surface area contributed by atoms with Crippen molar-refractivity contribution in [3.05, 3.63) is 56.8 Å². The monoisotopic (exact) mass is 396 g/mol. The molecule has 10 heteroatoms. The number of nitrogens with two attached hydrogens (primary N) is 1. The molecule has 2 rings (SSSR count). The van der Waals surface area contributed by atoms with E-state index < -0.39 is 37.2 Å². The van der Waals surface area contributed by atoms with Crippen molar-refractivity contribution in [2.75, 3.05) is 5.32 Å². The zero-order valence-electron chi connectivity index (χ0n) is 11.1. The predicted octanol–water partition coefficient (Wildman–Crippen LogP) is 3.69. The highest BCUT2D eigenvalue weighted by molar-refractivity contribution is 7.89. The minimum Gasteiger partial charge on any atom is -0.320 e. The second-order valence-electron chi connectivity index (χ2n) is 4.39. The van der Waals surface area contributed by atoms with E-state index in [-0.39, 0.29) is 10.7 Å². The second kappa shape index (κ2) is 6.62. The molecule has 1 amide bonds. The van der Waals surface area contributed by atoms with Gasteiger partial charge < -0.3 is 5.32 Å². The zero-order chi connectivity index (χ0) is 17.4. The average molecular weight is 398 g/mol. The molecule has 0 unspecified atom stereocenters. The van der Waals surface area contributed by atoms with Crippen LogP contribution in [0.15, 0.2) is 35.2 Å². The van der Waals surface area contributed by atoms with Gasteiger partial charge in [0.25, 0.3) is 5.91 Å². The Kier molecular flexibility index (Phi) is 5.17. The number of carbonyl (C=O) groups excluding carboxylic acids is 1. The van der Waals surface area contributed by atoms with Crippen LogP contribution in [0.5, 0.6) is 0 Å². The number of sulfonamides is 1. The molecule has 122 valence electrons. The van der Waals surface area contributed by atoms with Gasteiger partial charge in [-0.2, -0.15) is 0 Å². The first-order valence-corrected chi connectivity index (χ1v) is 8.56. The van der Waals surface area contributed by atoms with E-state index in [0.29, 0.717) is 11.1 Å². The molecule has 3 N–H and O–H groups in total. The molecular weight excluding hydrogens is 390 g/mol. The maximum Gasteiger partial charge on any atom is 0.258 e. The number of nitrogens with one attached hydrogen (secondary N) is 1. The Labute approximate surface area is 146 Å². The summed E-state index contributed by atoms with van der Waals surface area (Å²) in [6.07, 6.45) is 0. The molecule has 0 atom stereocenters. The molecule has 0 aliphatic rings. The third kappa shape index (κ3) is 4.13. The molecule has 0 saturated heterocycles. The maximum atomic E-state index is 13.9. The molecular formula is C13H8Cl3FN2O3S. The third-order valence-electron chi connectivity index (χ3n) is 2.75. The Balaban J connectivity index is 2.45. The summed E-state index contributed by atoms with van der Waals surface area (Å²) >= 11 is 17.3. The van der Waals surface area contributed by atoms with Crippen molar-refractivity contribution in [1.29, 1.82) is 0 Å². The molecule has 0 heterocycles. The first-order valence-electron chi connectivity index (χ1n) is 5.88. The van der Waals surface area contributed by atoms with E-state index >= 15 is 0 Å². The van der Waals surface area contributed by atoms with E-state index in [1.165, 1.54) is 18.2 Å². The van der Waals surface area contributed by atoms with Crippen molar-refractivity contribution in [3.8, 4) is 0 Å². The smallest absolute Gasteiger partial charge is 0.258 e. The van der Waals surface area contributed by atoms with Gasteiger partial charge in [0, 0.05) is 5.02 Å². The molecule has 0 aliphatic heterocycles. The number of primary sulfonamides is 1. The number of anilines is 1. The van der Waals surface area contributed by atoms with Gasteiger partial charge in [-0.25, -0.2) is 17.9 Å². The first-order chi connectivity index (χ1) is 10.6. The number of hydrogen-bond acceptors (Lipinski definition) is 3. The number of halogens is 4. The number of benzene rings is 2. The Morgan fingerprint density at radius 2 is 1.74 bits per heavy atom. The summed E-state index contributed by atoms with van der Waals surface area (Å²) in [4.78, 5) is 11.6. The average Bonchev–Trinajstić information content (AvgIpc) is 2.41. The lowest BCUT2D eigenvalue weighted by Gasteiger charge is -2.10. The van der Waals surface area contributed by atoms with Crippen LogP contribution in [-0.2, 0) is 10.0 Å². The van der Waals surface area contributed by atoms with Gasteiger partial charge in [-0.05, 0) is 30.3 Å². The third-order valence-corrected chi connectivity index (χ3v) is 4.69. The van der Waals surface area contributed by atoms with E-state index in [2.05, 4.69) is 5.32 Å². The minimum absolute atomic E-state index is 0.135. The van der Waals surface area contributed by atoms with Crippen molar-refractivity contribution in [2.45, 2.75) is 4.90 Å². The van der Waals surface area contributed by atoms with E-state index in [4.69, 9.17) is 39.9 Å². The van der Waals surface area contributed by atoms with Crippen LogP contribution in [0.2, 0.25) is 15.1 Å². The minimum atomic E-state index is -4.22. The van der Waals surface area contributed by atoms with Crippen LogP contribution in [0.4, 0.5) is 10.1 Å². The van der Waals surface area contributed by atoms with Gasteiger partial charge in [-0.1, -0.05) is 34.8 Å². The Hall–Kier alpha value is -1.38. The summed E-state index contributed by atoms with van der Waals surface area (Å²) in [6.45, 7) is 0.